The van der Waals surface area contributed by atoms with Crippen LogP contribution in [-0.4, -0.2) is 4.98 Å². The molecule has 0 bridgehead atoms. The van der Waals surface area contributed by atoms with Gasteiger partial charge >= 0.3 is 0 Å². The molecule has 1 heterocycles. The largest absolute Gasteiger partial charge is 0.383 e. The van der Waals surface area contributed by atoms with E-state index >= 15 is 0 Å². The van der Waals surface area contributed by atoms with E-state index in [1.807, 2.05) is 37.3 Å². The summed E-state index contributed by atoms with van der Waals surface area (Å²) < 4.78 is 0. The molecule has 2 rings (SSSR count). The van der Waals surface area contributed by atoms with Crippen molar-refractivity contribution in [2.45, 2.75) is 33.6 Å². The highest BCUT2D eigenvalue weighted by molar-refractivity contribution is 5.78. The second-order valence-corrected chi connectivity index (χ2v) is 5.51. The lowest BCUT2D eigenvalue weighted by atomic mass is 9.91. The molecule has 0 saturated heterocycles. The molecule has 2 N–H and O–H groups in total. The smallest absolute Gasteiger partial charge is 0.142 e. The van der Waals surface area contributed by atoms with Crippen LogP contribution in [0.4, 0.5) is 5.82 Å². The molecule has 2 aromatic rings. The monoisotopic (exact) mass is 279 g/mol. The number of rotatable bonds is 4. The highest BCUT2D eigenvalue weighted by Gasteiger charge is 2.17. The van der Waals surface area contributed by atoms with Gasteiger partial charge in [-0.05, 0) is 30.4 Å². The molecule has 3 nitrogen and oxygen atoms in total. The van der Waals surface area contributed by atoms with Gasteiger partial charge in [0.05, 0.1) is 0 Å². The van der Waals surface area contributed by atoms with Crippen LogP contribution in [0, 0.1) is 24.2 Å². The average molecular weight is 279 g/mol. The standard InChI is InChI=1S/C18H21N3/c1-4-12(2)10-16-13(3)17(14-8-6-5-7-9-14)15(11-19)18(20)21-16/h5-9,12H,4,10H2,1-3H3,(H2,20,21)/t12-/m1/s1. The lowest BCUT2D eigenvalue weighted by Crippen LogP contribution is -2.08. The Balaban J connectivity index is 2.64. The maximum Gasteiger partial charge on any atom is 0.142 e. The summed E-state index contributed by atoms with van der Waals surface area (Å²) in [6, 6.07) is 12.1. The minimum Gasteiger partial charge on any atom is -0.383 e. The maximum atomic E-state index is 9.43. The van der Waals surface area contributed by atoms with E-state index in [1.165, 1.54) is 0 Å². The van der Waals surface area contributed by atoms with Crippen LogP contribution in [0.2, 0.25) is 0 Å². The van der Waals surface area contributed by atoms with Gasteiger partial charge in [-0.1, -0.05) is 50.6 Å². The number of nitrogen functional groups attached to an aromatic ring is 1. The fourth-order valence-corrected chi connectivity index (χ4v) is 2.50. The molecule has 1 atom stereocenters. The van der Waals surface area contributed by atoms with E-state index in [4.69, 9.17) is 5.73 Å². The lowest BCUT2D eigenvalue weighted by Gasteiger charge is -2.16. The third-order valence-corrected chi connectivity index (χ3v) is 3.98. The molecular weight excluding hydrogens is 258 g/mol. The number of benzene rings is 1. The van der Waals surface area contributed by atoms with E-state index in [2.05, 4.69) is 24.9 Å². The van der Waals surface area contributed by atoms with Crippen LogP contribution in [0.3, 0.4) is 0 Å². The zero-order chi connectivity index (χ0) is 15.4. The Morgan fingerprint density at radius 1 is 1.29 bits per heavy atom. The highest BCUT2D eigenvalue weighted by atomic mass is 14.9. The van der Waals surface area contributed by atoms with Gasteiger partial charge in [-0.2, -0.15) is 5.26 Å². The van der Waals surface area contributed by atoms with Crippen molar-refractivity contribution in [2.75, 3.05) is 5.73 Å². The van der Waals surface area contributed by atoms with Gasteiger partial charge in [-0.25, -0.2) is 4.98 Å². The Morgan fingerprint density at radius 2 is 1.95 bits per heavy atom. The second-order valence-electron chi connectivity index (χ2n) is 5.51. The number of nitrogens with zero attached hydrogens (tertiary/aromatic N) is 2. The van der Waals surface area contributed by atoms with Gasteiger partial charge in [0.2, 0.25) is 0 Å². The number of aromatic nitrogens is 1. The molecule has 21 heavy (non-hydrogen) atoms. The van der Waals surface area contributed by atoms with E-state index in [1.54, 1.807) is 0 Å². The first-order chi connectivity index (χ1) is 10.1. The SMILES string of the molecule is CC[C@@H](C)Cc1nc(N)c(C#N)c(-c2ccccc2)c1C. The molecule has 0 fully saturated rings. The molecule has 0 saturated carbocycles. The van der Waals surface area contributed by atoms with Crippen LogP contribution >= 0.6 is 0 Å². The number of pyridine rings is 1. The molecule has 0 aliphatic carbocycles. The van der Waals surface area contributed by atoms with Crippen molar-refractivity contribution in [1.82, 2.24) is 4.98 Å². The van der Waals surface area contributed by atoms with Crippen molar-refractivity contribution in [1.29, 1.82) is 5.26 Å². The van der Waals surface area contributed by atoms with Gasteiger partial charge in [-0.15, -0.1) is 0 Å². The Bertz CT molecular complexity index is 669. The summed E-state index contributed by atoms with van der Waals surface area (Å²) in [4.78, 5) is 4.47. The predicted octanol–water partition coefficient (Wildman–Crippen LogP) is 4.10. The Hall–Kier alpha value is -2.34. The summed E-state index contributed by atoms with van der Waals surface area (Å²) in [7, 11) is 0. The van der Waals surface area contributed by atoms with Crippen molar-refractivity contribution in [3.8, 4) is 17.2 Å². The minimum absolute atomic E-state index is 0.334. The zero-order valence-corrected chi connectivity index (χ0v) is 12.9. The van der Waals surface area contributed by atoms with Crippen LogP contribution < -0.4 is 5.73 Å². The first kappa shape index (κ1) is 15.1. The van der Waals surface area contributed by atoms with E-state index in [9.17, 15) is 5.26 Å². The van der Waals surface area contributed by atoms with Crippen LogP contribution in [0.1, 0.15) is 37.1 Å². The molecule has 0 aliphatic rings. The van der Waals surface area contributed by atoms with Crippen molar-refractivity contribution < 1.29 is 0 Å². The van der Waals surface area contributed by atoms with Crippen molar-refractivity contribution in [2.24, 2.45) is 5.92 Å². The first-order valence-corrected chi connectivity index (χ1v) is 7.32. The van der Waals surface area contributed by atoms with Crippen molar-refractivity contribution in [3.05, 3.63) is 47.2 Å². The van der Waals surface area contributed by atoms with Gasteiger partial charge in [0.15, 0.2) is 0 Å². The van der Waals surface area contributed by atoms with Crippen LogP contribution in [-0.2, 0) is 6.42 Å². The fraction of sp³-hybridized carbons (Fsp3) is 0.333. The quantitative estimate of drug-likeness (QED) is 0.916. The second kappa shape index (κ2) is 6.41. The zero-order valence-electron chi connectivity index (χ0n) is 12.9. The lowest BCUT2D eigenvalue weighted by molar-refractivity contribution is 0.551. The van der Waals surface area contributed by atoms with E-state index in [-0.39, 0.29) is 0 Å². The number of anilines is 1. The van der Waals surface area contributed by atoms with Crippen LogP contribution in [0.5, 0.6) is 0 Å². The fourth-order valence-electron chi connectivity index (χ4n) is 2.50. The molecule has 108 valence electrons. The molecule has 0 unspecified atom stereocenters. The van der Waals surface area contributed by atoms with Crippen LogP contribution in [0.25, 0.3) is 11.1 Å². The van der Waals surface area contributed by atoms with E-state index in [0.717, 1.165) is 35.2 Å². The Labute approximate surface area is 126 Å². The number of hydrogen-bond acceptors (Lipinski definition) is 3. The molecule has 3 heteroatoms. The van der Waals surface area contributed by atoms with E-state index < -0.39 is 0 Å². The Morgan fingerprint density at radius 3 is 2.52 bits per heavy atom. The molecule has 0 spiro atoms. The summed E-state index contributed by atoms with van der Waals surface area (Å²) in [6.07, 6.45) is 1.99. The topological polar surface area (TPSA) is 62.7 Å². The maximum absolute atomic E-state index is 9.43. The molecule has 1 aromatic heterocycles. The third kappa shape index (κ3) is 3.05. The summed E-state index contributed by atoms with van der Waals surface area (Å²) in [5.41, 5.74) is 10.5. The highest BCUT2D eigenvalue weighted by Crippen LogP contribution is 2.32. The van der Waals surface area contributed by atoms with Gasteiger partial charge in [-0.3, -0.25) is 0 Å². The molecule has 0 aliphatic heterocycles. The van der Waals surface area contributed by atoms with Gasteiger partial charge in [0.1, 0.15) is 17.5 Å². The summed E-state index contributed by atoms with van der Waals surface area (Å²) in [5.74, 6) is 0.882. The average Bonchev–Trinajstić information content (AvgIpc) is 2.50. The first-order valence-electron chi connectivity index (χ1n) is 7.32. The van der Waals surface area contributed by atoms with Gasteiger partial charge in [0, 0.05) is 11.3 Å². The molecular formula is C18H21N3. The predicted molar refractivity (Wildman–Crippen MR) is 86.7 cm³/mol. The Kier molecular flexibility index (Phi) is 4.59. The normalized spacial score (nSPS) is 11.9. The summed E-state index contributed by atoms with van der Waals surface area (Å²) >= 11 is 0. The molecule has 1 aromatic carbocycles. The van der Waals surface area contributed by atoms with Crippen molar-refractivity contribution in [3.63, 3.8) is 0 Å². The summed E-state index contributed by atoms with van der Waals surface area (Å²) in [5, 5.41) is 9.43. The van der Waals surface area contributed by atoms with Crippen molar-refractivity contribution >= 4 is 5.82 Å². The van der Waals surface area contributed by atoms with Gasteiger partial charge < -0.3 is 5.73 Å². The minimum atomic E-state index is 0.334. The number of hydrogen-bond donors (Lipinski definition) is 1. The van der Waals surface area contributed by atoms with Gasteiger partial charge in [0.25, 0.3) is 0 Å². The molecule has 0 radical (unpaired) electrons. The third-order valence-electron chi connectivity index (χ3n) is 3.98. The summed E-state index contributed by atoms with van der Waals surface area (Å²) in [6.45, 7) is 6.41. The number of nitrogens with two attached hydrogens (primary N) is 1. The molecule has 0 amide bonds. The number of nitriles is 1. The van der Waals surface area contributed by atoms with E-state index in [0.29, 0.717) is 17.3 Å². The van der Waals surface area contributed by atoms with Crippen LogP contribution in [0.15, 0.2) is 30.3 Å².